The van der Waals surface area contributed by atoms with E-state index >= 15 is 0 Å². The summed E-state index contributed by atoms with van der Waals surface area (Å²) in [4.78, 5) is 25.9. The van der Waals surface area contributed by atoms with E-state index in [1.807, 2.05) is 6.92 Å². The fourth-order valence-electron chi connectivity index (χ4n) is 2.59. The van der Waals surface area contributed by atoms with Crippen LogP contribution in [0.15, 0.2) is 0 Å². The lowest BCUT2D eigenvalue weighted by atomic mass is 10.0. The van der Waals surface area contributed by atoms with Crippen molar-refractivity contribution < 1.29 is 14.3 Å². The minimum atomic E-state index is -0.406. The number of nitrogens with zero attached hydrogens (tertiary/aromatic N) is 1. The van der Waals surface area contributed by atoms with Gasteiger partial charge in [-0.2, -0.15) is 0 Å². The van der Waals surface area contributed by atoms with Crippen LogP contribution in [0.5, 0.6) is 0 Å². The van der Waals surface area contributed by atoms with Gasteiger partial charge in [-0.05, 0) is 19.8 Å². The maximum Gasteiger partial charge on any atom is 0.245 e. The Morgan fingerprint density at radius 1 is 1.47 bits per heavy atom. The van der Waals surface area contributed by atoms with Crippen molar-refractivity contribution in [2.45, 2.75) is 51.2 Å². The second-order valence-electron chi connectivity index (χ2n) is 4.80. The predicted octanol–water partition coefficient (Wildman–Crippen LogP) is 0.291. The molecular weight excluding hydrogens is 220 g/mol. The Morgan fingerprint density at radius 2 is 2.24 bits per heavy atom. The van der Waals surface area contributed by atoms with E-state index in [1.54, 1.807) is 11.8 Å². The Hall–Kier alpha value is -1.10. The summed E-state index contributed by atoms with van der Waals surface area (Å²) in [7, 11) is 0. The third-order valence-electron chi connectivity index (χ3n) is 3.48. The Morgan fingerprint density at radius 3 is 2.82 bits per heavy atom. The van der Waals surface area contributed by atoms with E-state index in [4.69, 9.17) is 4.74 Å². The van der Waals surface area contributed by atoms with E-state index in [-0.39, 0.29) is 23.9 Å². The maximum atomic E-state index is 12.2. The summed E-state index contributed by atoms with van der Waals surface area (Å²) in [5, 5.41) is 2.75. The molecular formula is C12H20N2O3. The molecule has 3 unspecified atom stereocenters. The number of nitrogens with one attached hydrogen (secondary N) is 1. The van der Waals surface area contributed by atoms with Crippen LogP contribution in [0.4, 0.5) is 0 Å². The first-order valence-corrected chi connectivity index (χ1v) is 6.35. The molecule has 2 aliphatic heterocycles. The smallest absolute Gasteiger partial charge is 0.245 e. The zero-order chi connectivity index (χ0) is 12.4. The molecule has 0 aromatic heterocycles. The van der Waals surface area contributed by atoms with Crippen LogP contribution in [-0.2, 0) is 14.3 Å². The third-order valence-corrected chi connectivity index (χ3v) is 3.48. The van der Waals surface area contributed by atoms with Crippen molar-refractivity contribution in [3.8, 4) is 0 Å². The highest BCUT2D eigenvalue weighted by Gasteiger charge is 2.42. The Kier molecular flexibility index (Phi) is 3.66. The molecule has 0 bridgehead atoms. The molecule has 5 heteroatoms. The summed E-state index contributed by atoms with van der Waals surface area (Å²) in [6.45, 7) is 5.01. The first-order chi connectivity index (χ1) is 8.15. The molecule has 0 aromatic carbocycles. The van der Waals surface area contributed by atoms with Crippen molar-refractivity contribution in [3.63, 3.8) is 0 Å². The highest BCUT2D eigenvalue weighted by atomic mass is 16.5. The summed E-state index contributed by atoms with van der Waals surface area (Å²) >= 11 is 0. The zero-order valence-electron chi connectivity index (χ0n) is 10.4. The van der Waals surface area contributed by atoms with Crippen molar-refractivity contribution >= 4 is 11.8 Å². The third kappa shape index (κ3) is 2.29. The van der Waals surface area contributed by atoms with Crippen LogP contribution in [0.25, 0.3) is 0 Å². The van der Waals surface area contributed by atoms with Crippen LogP contribution in [0.2, 0.25) is 0 Å². The van der Waals surface area contributed by atoms with Gasteiger partial charge in [0.25, 0.3) is 0 Å². The molecule has 3 atom stereocenters. The first kappa shape index (κ1) is 12.4. The van der Waals surface area contributed by atoms with Gasteiger partial charge in [0.1, 0.15) is 12.1 Å². The van der Waals surface area contributed by atoms with Crippen LogP contribution >= 0.6 is 0 Å². The van der Waals surface area contributed by atoms with Gasteiger partial charge in [-0.1, -0.05) is 13.3 Å². The van der Waals surface area contributed by atoms with Crippen molar-refractivity contribution in [1.82, 2.24) is 10.2 Å². The van der Waals surface area contributed by atoms with Crippen molar-refractivity contribution in [1.29, 1.82) is 0 Å². The Bertz CT molecular complexity index is 313. The summed E-state index contributed by atoms with van der Waals surface area (Å²) in [6.07, 6.45) is 2.45. The van der Waals surface area contributed by atoms with Crippen LogP contribution < -0.4 is 5.32 Å². The van der Waals surface area contributed by atoms with E-state index in [1.165, 1.54) is 0 Å². The number of ether oxygens (including phenoxy) is 1. The van der Waals surface area contributed by atoms with Gasteiger partial charge < -0.3 is 15.0 Å². The highest BCUT2D eigenvalue weighted by molar-refractivity contribution is 5.96. The average Bonchev–Trinajstić information content (AvgIpc) is 2.80. The van der Waals surface area contributed by atoms with Gasteiger partial charge in [0.05, 0.1) is 12.6 Å². The average molecular weight is 240 g/mol. The predicted molar refractivity (Wildman–Crippen MR) is 62.4 cm³/mol. The maximum absolute atomic E-state index is 12.2. The molecule has 0 aromatic rings. The van der Waals surface area contributed by atoms with Crippen molar-refractivity contribution in [2.24, 2.45) is 0 Å². The second kappa shape index (κ2) is 5.04. The lowest BCUT2D eigenvalue weighted by Gasteiger charge is -2.41. The van der Waals surface area contributed by atoms with E-state index in [0.29, 0.717) is 13.2 Å². The van der Waals surface area contributed by atoms with E-state index < -0.39 is 6.04 Å². The van der Waals surface area contributed by atoms with E-state index in [9.17, 15) is 9.59 Å². The molecule has 0 radical (unpaired) electrons. The number of amides is 2. The van der Waals surface area contributed by atoms with Crippen LogP contribution in [0.3, 0.4) is 0 Å². The van der Waals surface area contributed by atoms with Gasteiger partial charge in [-0.25, -0.2) is 0 Å². The van der Waals surface area contributed by atoms with Gasteiger partial charge in [0.2, 0.25) is 11.8 Å². The molecule has 0 saturated carbocycles. The van der Waals surface area contributed by atoms with Gasteiger partial charge >= 0.3 is 0 Å². The SMILES string of the molecule is CCCC1C(=O)NC(C)C(=O)N1C1CCOC1. The highest BCUT2D eigenvalue weighted by Crippen LogP contribution is 2.22. The molecule has 2 heterocycles. The Labute approximate surface area is 101 Å². The quantitative estimate of drug-likeness (QED) is 0.771. The fraction of sp³-hybridized carbons (Fsp3) is 0.833. The van der Waals surface area contributed by atoms with Gasteiger partial charge in [0, 0.05) is 6.61 Å². The molecule has 2 amide bonds. The molecule has 2 aliphatic rings. The molecule has 0 aliphatic carbocycles. The molecule has 0 spiro atoms. The van der Waals surface area contributed by atoms with E-state index in [0.717, 1.165) is 19.3 Å². The molecule has 2 saturated heterocycles. The van der Waals surface area contributed by atoms with E-state index in [2.05, 4.69) is 5.32 Å². The van der Waals surface area contributed by atoms with Crippen LogP contribution in [-0.4, -0.2) is 48.1 Å². The normalized spacial score (nSPS) is 34.0. The van der Waals surface area contributed by atoms with Crippen molar-refractivity contribution in [3.05, 3.63) is 0 Å². The minimum Gasteiger partial charge on any atom is -0.379 e. The molecule has 2 rings (SSSR count). The fourth-order valence-corrected chi connectivity index (χ4v) is 2.59. The lowest BCUT2D eigenvalue weighted by molar-refractivity contribution is -0.152. The van der Waals surface area contributed by atoms with Gasteiger partial charge in [-0.3, -0.25) is 9.59 Å². The summed E-state index contributed by atoms with van der Waals surface area (Å²) < 4.78 is 5.33. The standard InChI is InChI=1S/C12H20N2O3/c1-3-4-10-11(15)13-8(2)12(16)14(10)9-5-6-17-7-9/h8-10H,3-7H2,1-2H3,(H,13,15). The molecule has 1 N–H and O–H groups in total. The lowest BCUT2D eigenvalue weighted by Crippen LogP contribution is -2.65. The Balaban J connectivity index is 2.19. The van der Waals surface area contributed by atoms with Crippen LogP contribution in [0.1, 0.15) is 33.1 Å². The first-order valence-electron chi connectivity index (χ1n) is 6.35. The molecule has 96 valence electrons. The summed E-state index contributed by atoms with van der Waals surface area (Å²) in [5.74, 6) is 0.00407. The topological polar surface area (TPSA) is 58.6 Å². The number of carbonyl (C=O) groups excluding carboxylic acids is 2. The number of carbonyl (C=O) groups is 2. The molecule has 2 fully saturated rings. The number of rotatable bonds is 3. The monoisotopic (exact) mass is 240 g/mol. The van der Waals surface area contributed by atoms with Gasteiger partial charge in [-0.15, -0.1) is 0 Å². The molecule has 5 nitrogen and oxygen atoms in total. The number of piperazine rings is 1. The zero-order valence-corrected chi connectivity index (χ0v) is 10.4. The summed E-state index contributed by atoms with van der Waals surface area (Å²) in [6, 6.07) is -0.640. The number of hydrogen-bond donors (Lipinski definition) is 1. The number of hydrogen-bond acceptors (Lipinski definition) is 3. The van der Waals surface area contributed by atoms with Gasteiger partial charge in [0.15, 0.2) is 0 Å². The van der Waals surface area contributed by atoms with Crippen LogP contribution in [0, 0.1) is 0 Å². The largest absolute Gasteiger partial charge is 0.379 e. The summed E-state index contributed by atoms with van der Waals surface area (Å²) in [5.41, 5.74) is 0. The molecule has 17 heavy (non-hydrogen) atoms. The second-order valence-corrected chi connectivity index (χ2v) is 4.80. The minimum absolute atomic E-state index is 0.0224. The van der Waals surface area contributed by atoms with Crippen molar-refractivity contribution in [2.75, 3.05) is 13.2 Å².